The van der Waals surface area contributed by atoms with Gasteiger partial charge in [-0.15, -0.1) is 0 Å². The number of aryl methyl sites for hydroxylation is 1. The average Bonchev–Trinajstić information content (AvgIpc) is 2.93. The van der Waals surface area contributed by atoms with Crippen molar-refractivity contribution in [2.75, 3.05) is 6.61 Å². The summed E-state index contributed by atoms with van der Waals surface area (Å²) in [5.74, 6) is 1.30. The van der Waals surface area contributed by atoms with Crippen molar-refractivity contribution in [3.05, 3.63) is 30.1 Å². The maximum Gasteiger partial charge on any atom is 0.256 e. The fraction of sp³-hybridized carbons (Fsp3) is 0.696. The third-order valence-electron chi connectivity index (χ3n) is 5.34. The maximum atomic E-state index is 6.02. The molecule has 0 N–H and O–H groups in total. The minimum atomic E-state index is 0.669. The standard InChI is InChI=1S/C23H39N2O/c1-4-6-8-9-10-11-12-15-19-26-20-25-21(3)24(18-7-5-2)22-16-13-14-17-23(22)25/h13-14,16-17H,4-12,15,18-20H2,1-3H3/q+1. The van der Waals surface area contributed by atoms with Gasteiger partial charge >= 0.3 is 0 Å². The fourth-order valence-corrected chi connectivity index (χ4v) is 3.67. The molecule has 2 aromatic rings. The number of ether oxygens (including phenoxy) is 1. The van der Waals surface area contributed by atoms with Crippen LogP contribution in [0.3, 0.4) is 0 Å². The molecule has 0 unspecified atom stereocenters. The number of benzene rings is 1. The number of imidazole rings is 1. The van der Waals surface area contributed by atoms with Crippen LogP contribution in [0.5, 0.6) is 0 Å². The lowest BCUT2D eigenvalue weighted by Gasteiger charge is -2.04. The van der Waals surface area contributed by atoms with Gasteiger partial charge in [-0.2, -0.15) is 0 Å². The van der Waals surface area contributed by atoms with E-state index in [0.717, 1.165) is 13.2 Å². The van der Waals surface area contributed by atoms with Gasteiger partial charge in [0.05, 0.1) is 13.2 Å². The average molecular weight is 360 g/mol. The minimum absolute atomic E-state index is 0.669. The number of hydrogen-bond acceptors (Lipinski definition) is 1. The quantitative estimate of drug-likeness (QED) is 0.292. The van der Waals surface area contributed by atoms with Crippen molar-refractivity contribution < 1.29 is 9.30 Å². The van der Waals surface area contributed by atoms with Crippen molar-refractivity contribution in [2.24, 2.45) is 0 Å². The molecule has 0 saturated carbocycles. The van der Waals surface area contributed by atoms with Gasteiger partial charge < -0.3 is 4.74 Å². The number of unbranched alkanes of at least 4 members (excludes halogenated alkanes) is 8. The molecule has 0 aliphatic carbocycles. The van der Waals surface area contributed by atoms with Gasteiger partial charge in [-0.3, -0.25) is 0 Å². The van der Waals surface area contributed by atoms with E-state index >= 15 is 0 Å². The predicted molar refractivity (Wildman–Crippen MR) is 110 cm³/mol. The SMILES string of the molecule is CCCCCCCCCCOC[n+]1c(C)n(CCCC)c2ccccc21. The zero-order valence-corrected chi connectivity index (χ0v) is 17.3. The molecule has 1 aromatic heterocycles. The van der Waals surface area contributed by atoms with E-state index in [0.29, 0.717) is 6.73 Å². The third-order valence-corrected chi connectivity index (χ3v) is 5.34. The number of hydrogen-bond donors (Lipinski definition) is 0. The smallest absolute Gasteiger partial charge is 0.256 e. The van der Waals surface area contributed by atoms with Gasteiger partial charge in [0.2, 0.25) is 0 Å². The molecule has 0 aliphatic heterocycles. The van der Waals surface area contributed by atoms with Gasteiger partial charge in [0.15, 0.2) is 17.8 Å². The Kier molecular flexibility index (Phi) is 9.76. The molecule has 0 radical (unpaired) electrons. The van der Waals surface area contributed by atoms with Crippen LogP contribution in [0.15, 0.2) is 24.3 Å². The fourth-order valence-electron chi connectivity index (χ4n) is 3.67. The Morgan fingerprint density at radius 3 is 2.23 bits per heavy atom. The Hall–Kier alpha value is -1.35. The Bertz CT molecular complexity index is 632. The highest BCUT2D eigenvalue weighted by atomic mass is 16.5. The van der Waals surface area contributed by atoms with Crippen LogP contribution in [0.1, 0.15) is 83.9 Å². The highest BCUT2D eigenvalue weighted by Gasteiger charge is 2.20. The van der Waals surface area contributed by atoms with Crippen LogP contribution in [0.4, 0.5) is 0 Å². The van der Waals surface area contributed by atoms with Crippen molar-refractivity contribution in [2.45, 2.75) is 98.3 Å². The van der Waals surface area contributed by atoms with E-state index in [2.05, 4.69) is 54.2 Å². The molecule has 26 heavy (non-hydrogen) atoms. The Morgan fingerprint density at radius 1 is 0.846 bits per heavy atom. The second-order valence-electron chi connectivity index (χ2n) is 7.48. The molecule has 0 bridgehead atoms. The second-order valence-corrected chi connectivity index (χ2v) is 7.48. The van der Waals surface area contributed by atoms with E-state index in [1.54, 1.807) is 0 Å². The van der Waals surface area contributed by atoms with Crippen LogP contribution in [-0.2, 0) is 18.0 Å². The number of aromatic nitrogens is 2. The van der Waals surface area contributed by atoms with Crippen LogP contribution >= 0.6 is 0 Å². The molecule has 1 aromatic carbocycles. The molecule has 0 amide bonds. The lowest BCUT2D eigenvalue weighted by Crippen LogP contribution is -2.38. The molecular formula is C23H39N2O+. The summed E-state index contributed by atoms with van der Waals surface area (Å²) < 4.78 is 10.8. The summed E-state index contributed by atoms with van der Waals surface area (Å²) in [4.78, 5) is 0. The van der Waals surface area contributed by atoms with E-state index in [1.165, 1.54) is 81.1 Å². The van der Waals surface area contributed by atoms with Crippen molar-refractivity contribution in [1.82, 2.24) is 4.57 Å². The molecule has 1 heterocycles. The van der Waals surface area contributed by atoms with Gasteiger partial charge in [-0.05, 0) is 25.0 Å². The monoisotopic (exact) mass is 359 g/mol. The molecule has 0 aliphatic rings. The summed E-state index contributed by atoms with van der Waals surface area (Å²) in [5, 5.41) is 0. The summed E-state index contributed by atoms with van der Waals surface area (Å²) in [7, 11) is 0. The summed E-state index contributed by atoms with van der Waals surface area (Å²) in [6.07, 6.45) is 13.2. The van der Waals surface area contributed by atoms with E-state index in [1.807, 2.05) is 0 Å². The molecule has 2 rings (SSSR count). The van der Waals surface area contributed by atoms with Crippen LogP contribution < -0.4 is 4.57 Å². The normalized spacial score (nSPS) is 11.5. The van der Waals surface area contributed by atoms with Crippen molar-refractivity contribution in [3.63, 3.8) is 0 Å². The van der Waals surface area contributed by atoms with E-state index in [4.69, 9.17) is 4.74 Å². The van der Waals surface area contributed by atoms with Gasteiger partial charge in [0.1, 0.15) is 0 Å². The van der Waals surface area contributed by atoms with E-state index in [-0.39, 0.29) is 0 Å². The summed E-state index contributed by atoms with van der Waals surface area (Å²) in [6, 6.07) is 8.70. The first kappa shape index (κ1) is 21.0. The second kappa shape index (κ2) is 12.1. The lowest BCUT2D eigenvalue weighted by molar-refractivity contribution is -0.715. The Balaban J connectivity index is 1.77. The van der Waals surface area contributed by atoms with Crippen LogP contribution in [0, 0.1) is 6.92 Å². The molecule has 0 atom stereocenters. The molecular weight excluding hydrogens is 320 g/mol. The highest BCUT2D eigenvalue weighted by Crippen LogP contribution is 2.15. The van der Waals surface area contributed by atoms with Gasteiger partial charge in [-0.1, -0.05) is 77.3 Å². The first-order valence-corrected chi connectivity index (χ1v) is 10.8. The van der Waals surface area contributed by atoms with Crippen molar-refractivity contribution in [3.8, 4) is 0 Å². The predicted octanol–water partition coefficient (Wildman–Crippen LogP) is 6.15. The van der Waals surface area contributed by atoms with Crippen LogP contribution in [0.2, 0.25) is 0 Å². The molecule has 3 heteroatoms. The maximum absolute atomic E-state index is 6.02. The van der Waals surface area contributed by atoms with Crippen molar-refractivity contribution in [1.29, 1.82) is 0 Å². The van der Waals surface area contributed by atoms with Gasteiger partial charge in [-0.25, -0.2) is 9.13 Å². The number of para-hydroxylation sites is 2. The summed E-state index contributed by atoms with van der Waals surface area (Å²) >= 11 is 0. The van der Waals surface area contributed by atoms with Crippen LogP contribution in [0.25, 0.3) is 11.0 Å². The number of rotatable bonds is 14. The lowest BCUT2D eigenvalue weighted by atomic mass is 10.1. The zero-order valence-electron chi connectivity index (χ0n) is 17.3. The molecule has 146 valence electrons. The molecule has 0 spiro atoms. The number of fused-ring (bicyclic) bond motifs is 1. The molecule has 0 saturated heterocycles. The Labute approximate surface area is 160 Å². The van der Waals surface area contributed by atoms with Gasteiger partial charge in [0, 0.05) is 6.92 Å². The third kappa shape index (κ3) is 6.12. The summed E-state index contributed by atoms with van der Waals surface area (Å²) in [6.45, 7) is 9.38. The van der Waals surface area contributed by atoms with E-state index < -0.39 is 0 Å². The Morgan fingerprint density at radius 2 is 1.50 bits per heavy atom. The number of nitrogens with zero attached hydrogens (tertiary/aromatic N) is 2. The first-order chi connectivity index (χ1) is 12.8. The topological polar surface area (TPSA) is 18.0 Å². The molecule has 0 fully saturated rings. The van der Waals surface area contributed by atoms with Crippen molar-refractivity contribution >= 4 is 11.0 Å². The van der Waals surface area contributed by atoms with Gasteiger partial charge in [0.25, 0.3) is 5.82 Å². The van der Waals surface area contributed by atoms with E-state index in [9.17, 15) is 0 Å². The largest absolute Gasteiger partial charge is 0.342 e. The van der Waals surface area contributed by atoms with Crippen LogP contribution in [-0.4, -0.2) is 11.2 Å². The first-order valence-electron chi connectivity index (χ1n) is 10.8. The minimum Gasteiger partial charge on any atom is -0.342 e. The molecule has 3 nitrogen and oxygen atoms in total. The summed E-state index contributed by atoms with van der Waals surface area (Å²) in [5.41, 5.74) is 2.62. The highest BCUT2D eigenvalue weighted by molar-refractivity contribution is 5.72. The zero-order chi connectivity index (χ0) is 18.6.